The summed E-state index contributed by atoms with van der Waals surface area (Å²) in [4.78, 5) is 0. The molecule has 2 saturated carbocycles. The average Bonchev–Trinajstić information content (AvgIpc) is 2.93. The van der Waals surface area contributed by atoms with E-state index >= 15 is 0 Å². The molecule has 1 aromatic heterocycles. The molecule has 100 valence electrons. The van der Waals surface area contributed by atoms with E-state index in [0.717, 1.165) is 24.3 Å². The highest BCUT2D eigenvalue weighted by Crippen LogP contribution is 2.61. The maximum Gasteiger partial charge on any atom is 0.134 e. The lowest BCUT2D eigenvalue weighted by molar-refractivity contribution is 0.480. The summed E-state index contributed by atoms with van der Waals surface area (Å²) in [5.74, 6) is 2.65. The van der Waals surface area contributed by atoms with Gasteiger partial charge < -0.3 is 5.32 Å². The molecule has 3 atom stereocenters. The monoisotopic (exact) mass is 265 g/mol. The minimum absolute atomic E-state index is 0.358. The van der Waals surface area contributed by atoms with Crippen molar-refractivity contribution in [2.75, 3.05) is 6.54 Å². The summed E-state index contributed by atoms with van der Waals surface area (Å²) < 4.78 is 0. The Kier molecular flexibility index (Phi) is 3.66. The molecular formula is C14H23N3S. The highest BCUT2D eigenvalue weighted by atomic mass is 32.1. The largest absolute Gasteiger partial charge is 0.308 e. The Hall–Kier alpha value is -0.480. The van der Waals surface area contributed by atoms with Gasteiger partial charge >= 0.3 is 0 Å². The molecule has 3 nitrogen and oxygen atoms in total. The first-order chi connectivity index (χ1) is 8.81. The number of nitrogens with one attached hydrogen (secondary N) is 1. The first-order valence-corrected chi connectivity index (χ1v) is 8.19. The zero-order chi connectivity index (χ0) is 12.5. The van der Waals surface area contributed by atoms with Crippen molar-refractivity contribution in [2.45, 2.75) is 57.9 Å². The third kappa shape index (κ3) is 2.32. The van der Waals surface area contributed by atoms with Gasteiger partial charge in [-0.3, -0.25) is 0 Å². The maximum atomic E-state index is 4.46. The second-order valence-corrected chi connectivity index (χ2v) is 6.83. The van der Waals surface area contributed by atoms with Crippen molar-refractivity contribution >= 4 is 11.3 Å². The quantitative estimate of drug-likeness (QED) is 0.885. The number of nitrogens with zero attached hydrogens (tertiary/aromatic N) is 2. The molecule has 4 heteroatoms. The minimum Gasteiger partial charge on any atom is -0.308 e. The highest BCUT2D eigenvalue weighted by molar-refractivity contribution is 7.11. The van der Waals surface area contributed by atoms with Crippen LogP contribution in [0.25, 0.3) is 0 Å². The second-order valence-electron chi connectivity index (χ2n) is 5.79. The molecular weight excluding hydrogens is 242 g/mol. The first kappa shape index (κ1) is 12.5. The summed E-state index contributed by atoms with van der Waals surface area (Å²) in [6, 6.07) is 0.358. The predicted octanol–water partition coefficient (Wildman–Crippen LogP) is 3.50. The topological polar surface area (TPSA) is 37.8 Å². The van der Waals surface area contributed by atoms with Crippen LogP contribution in [-0.2, 0) is 0 Å². The number of hydrogen-bond acceptors (Lipinski definition) is 4. The summed E-state index contributed by atoms with van der Waals surface area (Å²) in [6.07, 6.45) is 6.88. The molecule has 1 aromatic rings. The lowest BCUT2D eigenvalue weighted by Crippen LogP contribution is -2.18. The lowest BCUT2D eigenvalue weighted by Gasteiger charge is -2.08. The summed E-state index contributed by atoms with van der Waals surface area (Å²) in [6.45, 7) is 5.45. The van der Waals surface area contributed by atoms with Crippen molar-refractivity contribution in [3.8, 4) is 0 Å². The van der Waals surface area contributed by atoms with Gasteiger partial charge in [-0.05, 0) is 44.6 Å². The van der Waals surface area contributed by atoms with Crippen LogP contribution in [0.3, 0.4) is 0 Å². The Morgan fingerprint density at radius 3 is 2.67 bits per heavy atom. The fraction of sp³-hybridized carbons (Fsp3) is 0.857. The van der Waals surface area contributed by atoms with Gasteiger partial charge in [-0.15, -0.1) is 10.2 Å². The molecule has 0 aliphatic heterocycles. The Morgan fingerprint density at radius 1 is 1.28 bits per heavy atom. The molecule has 18 heavy (non-hydrogen) atoms. The van der Waals surface area contributed by atoms with E-state index < -0.39 is 0 Å². The van der Waals surface area contributed by atoms with E-state index in [1.807, 2.05) is 11.3 Å². The van der Waals surface area contributed by atoms with Crippen LogP contribution in [0.15, 0.2) is 0 Å². The summed E-state index contributed by atoms with van der Waals surface area (Å²) in [5.41, 5.74) is 0. The molecule has 0 spiro atoms. The predicted molar refractivity (Wildman–Crippen MR) is 74.8 cm³/mol. The number of hydrogen-bond donors (Lipinski definition) is 1. The van der Waals surface area contributed by atoms with Gasteiger partial charge in [0.05, 0.1) is 6.04 Å². The van der Waals surface area contributed by atoms with Crippen molar-refractivity contribution in [2.24, 2.45) is 11.8 Å². The fourth-order valence-electron chi connectivity index (χ4n) is 3.36. The summed E-state index contributed by atoms with van der Waals surface area (Å²) >= 11 is 1.84. The molecule has 0 bridgehead atoms. The zero-order valence-electron chi connectivity index (χ0n) is 11.4. The van der Waals surface area contributed by atoms with Crippen LogP contribution in [0.2, 0.25) is 0 Å². The zero-order valence-corrected chi connectivity index (χ0v) is 12.2. The third-order valence-electron chi connectivity index (χ3n) is 4.47. The van der Waals surface area contributed by atoms with E-state index in [1.165, 1.54) is 42.1 Å². The molecule has 0 saturated heterocycles. The summed E-state index contributed by atoms with van der Waals surface area (Å²) in [7, 11) is 0. The van der Waals surface area contributed by atoms with Gasteiger partial charge in [0.25, 0.3) is 0 Å². The van der Waals surface area contributed by atoms with E-state index in [9.17, 15) is 0 Å². The van der Waals surface area contributed by atoms with Crippen molar-refractivity contribution in [1.82, 2.24) is 15.5 Å². The van der Waals surface area contributed by atoms with Gasteiger partial charge in [-0.25, -0.2) is 0 Å². The third-order valence-corrected chi connectivity index (χ3v) is 5.68. The van der Waals surface area contributed by atoms with Crippen LogP contribution >= 0.6 is 11.3 Å². The standard InChI is InChI=1S/C14H23N3S/c1-3-8-15-9(2)13-16-17-14(18-13)12-10-6-4-5-7-11(10)12/h9-12,15H,3-8H2,1-2H3. The van der Waals surface area contributed by atoms with Crippen molar-refractivity contribution in [3.05, 3.63) is 10.0 Å². The molecule has 0 radical (unpaired) electrons. The molecule has 3 unspecified atom stereocenters. The number of aromatic nitrogens is 2. The molecule has 0 aromatic carbocycles. The minimum atomic E-state index is 0.358. The van der Waals surface area contributed by atoms with E-state index in [4.69, 9.17) is 0 Å². The molecule has 2 aliphatic rings. The van der Waals surface area contributed by atoms with E-state index in [0.29, 0.717) is 6.04 Å². The average molecular weight is 265 g/mol. The molecule has 1 N–H and O–H groups in total. The van der Waals surface area contributed by atoms with Gasteiger partial charge in [0, 0.05) is 5.92 Å². The second kappa shape index (κ2) is 5.25. The van der Waals surface area contributed by atoms with E-state index in [1.54, 1.807) is 0 Å². The maximum absolute atomic E-state index is 4.46. The highest BCUT2D eigenvalue weighted by Gasteiger charge is 2.53. The van der Waals surface area contributed by atoms with Crippen LogP contribution in [0.5, 0.6) is 0 Å². The number of rotatable bonds is 5. The van der Waals surface area contributed by atoms with Crippen LogP contribution in [0.4, 0.5) is 0 Å². The normalized spacial score (nSPS) is 32.0. The van der Waals surface area contributed by atoms with Crippen molar-refractivity contribution in [3.63, 3.8) is 0 Å². The summed E-state index contributed by atoms with van der Waals surface area (Å²) in [5, 5.41) is 14.8. The Bertz CT molecular complexity index is 391. The van der Waals surface area contributed by atoms with Crippen LogP contribution in [0.1, 0.15) is 67.9 Å². The van der Waals surface area contributed by atoms with Crippen LogP contribution < -0.4 is 5.32 Å². The van der Waals surface area contributed by atoms with Gasteiger partial charge in [0.1, 0.15) is 10.0 Å². The number of fused-ring (bicyclic) bond motifs is 1. The molecule has 0 amide bonds. The Morgan fingerprint density at radius 2 is 2.00 bits per heavy atom. The van der Waals surface area contributed by atoms with Gasteiger partial charge in [0.2, 0.25) is 0 Å². The Balaban J connectivity index is 1.63. The lowest BCUT2D eigenvalue weighted by atomic mass is 10.0. The van der Waals surface area contributed by atoms with Crippen molar-refractivity contribution in [1.29, 1.82) is 0 Å². The SMILES string of the molecule is CCCNC(C)c1nnc(C2C3CCCCC32)s1. The van der Waals surface area contributed by atoms with E-state index in [2.05, 4.69) is 29.4 Å². The molecule has 2 fully saturated rings. The van der Waals surface area contributed by atoms with Gasteiger partial charge in [0.15, 0.2) is 0 Å². The van der Waals surface area contributed by atoms with Crippen LogP contribution in [0, 0.1) is 11.8 Å². The molecule has 3 rings (SSSR count). The van der Waals surface area contributed by atoms with Crippen molar-refractivity contribution < 1.29 is 0 Å². The molecule has 2 aliphatic carbocycles. The van der Waals surface area contributed by atoms with Gasteiger partial charge in [-0.1, -0.05) is 31.1 Å². The fourth-order valence-corrected chi connectivity index (χ4v) is 4.49. The Labute approximate surface area is 113 Å². The van der Waals surface area contributed by atoms with E-state index in [-0.39, 0.29) is 0 Å². The smallest absolute Gasteiger partial charge is 0.134 e. The molecule has 1 heterocycles. The van der Waals surface area contributed by atoms with Crippen LogP contribution in [-0.4, -0.2) is 16.7 Å². The first-order valence-electron chi connectivity index (χ1n) is 7.38. The van der Waals surface area contributed by atoms with Gasteiger partial charge in [-0.2, -0.15) is 0 Å².